The highest BCUT2D eigenvalue weighted by atomic mass is 16.5. The van der Waals surface area contributed by atoms with Gasteiger partial charge in [-0.2, -0.15) is 4.74 Å². The first kappa shape index (κ1) is 4.62. The predicted octanol–water partition coefficient (Wildman–Crippen LogP) is 0.750. The van der Waals surface area contributed by atoms with Crippen LogP contribution in [0.15, 0.2) is 0 Å². The summed E-state index contributed by atoms with van der Waals surface area (Å²) in [7, 11) is 0. The van der Waals surface area contributed by atoms with Crippen molar-refractivity contribution in [1.82, 2.24) is 0 Å². The normalized spacial score (nSPS) is 27.0. The Bertz CT molecular complexity index is 98.3. The molecule has 0 aromatic rings. The smallest absolute Gasteiger partial charge is 0.239 e. The summed E-state index contributed by atoms with van der Waals surface area (Å²) in [6.45, 7) is 2.08. The van der Waals surface area contributed by atoms with E-state index >= 15 is 0 Å². The van der Waals surface area contributed by atoms with Crippen molar-refractivity contribution in [2.45, 2.75) is 25.8 Å². The average Bonchev–Trinajstić information content (AvgIpc) is 2.22. The first-order valence-corrected chi connectivity index (χ1v) is 2.65. The molecule has 0 radical (unpaired) electrons. The van der Waals surface area contributed by atoms with Gasteiger partial charge in [0.05, 0.1) is 0 Å². The minimum Gasteiger partial charge on any atom is -0.623 e. The zero-order valence-electron chi connectivity index (χ0n) is 4.42. The summed E-state index contributed by atoms with van der Waals surface area (Å²) in [5.41, 5.74) is 0. The molecule has 1 aliphatic rings. The zero-order chi connectivity index (χ0) is 5.28. The summed E-state index contributed by atoms with van der Waals surface area (Å²) in [6, 6.07) is 0.269. The molecule has 0 amide bonds. The molecule has 1 rings (SSSR count). The maximum Gasteiger partial charge on any atom is 0.239 e. The highest BCUT2D eigenvalue weighted by Gasteiger charge is 2.27. The van der Waals surface area contributed by atoms with Crippen molar-refractivity contribution in [2.24, 2.45) is 0 Å². The summed E-state index contributed by atoms with van der Waals surface area (Å²) < 4.78 is 1.00. The van der Waals surface area contributed by atoms with Crippen molar-refractivity contribution in [3.05, 3.63) is 5.21 Å². The third-order valence-corrected chi connectivity index (χ3v) is 1.14. The summed E-state index contributed by atoms with van der Waals surface area (Å²) in [5.74, 6) is 0. The van der Waals surface area contributed by atoms with Crippen molar-refractivity contribution in [3.63, 3.8) is 0 Å². The van der Waals surface area contributed by atoms with Gasteiger partial charge < -0.3 is 5.21 Å². The van der Waals surface area contributed by atoms with E-state index in [4.69, 9.17) is 0 Å². The largest absolute Gasteiger partial charge is 0.623 e. The lowest BCUT2D eigenvalue weighted by molar-refractivity contribution is -0.395. The lowest BCUT2D eigenvalue weighted by atomic mass is 10.3. The Hall–Kier alpha value is -0.530. The average molecular weight is 99.1 g/mol. The Morgan fingerprint density at radius 2 is 2.43 bits per heavy atom. The SMILES string of the molecule is CCCC1C=[N+]1[O-]. The Kier molecular flexibility index (Phi) is 1.01. The number of nitrogens with zero attached hydrogens (tertiary/aromatic N) is 1. The van der Waals surface area contributed by atoms with Gasteiger partial charge >= 0.3 is 0 Å². The molecule has 40 valence electrons. The molecule has 0 saturated carbocycles. The second kappa shape index (κ2) is 1.52. The molecule has 0 bridgehead atoms. The fraction of sp³-hybridized carbons (Fsp3) is 0.800. The van der Waals surface area contributed by atoms with Gasteiger partial charge in [-0.1, -0.05) is 6.92 Å². The monoisotopic (exact) mass is 99.1 g/mol. The molecule has 0 fully saturated rings. The summed E-state index contributed by atoms with van der Waals surface area (Å²) in [6.07, 6.45) is 3.84. The predicted molar refractivity (Wildman–Crippen MR) is 28.4 cm³/mol. The highest BCUT2D eigenvalue weighted by molar-refractivity contribution is 5.66. The molecule has 0 saturated heterocycles. The van der Waals surface area contributed by atoms with E-state index in [1.807, 2.05) is 0 Å². The molecule has 0 spiro atoms. The quantitative estimate of drug-likeness (QED) is 0.370. The van der Waals surface area contributed by atoms with Crippen molar-refractivity contribution >= 4 is 6.21 Å². The van der Waals surface area contributed by atoms with E-state index in [-0.39, 0.29) is 6.04 Å². The highest BCUT2D eigenvalue weighted by Crippen LogP contribution is 2.06. The van der Waals surface area contributed by atoms with E-state index in [0.29, 0.717) is 0 Å². The first-order valence-electron chi connectivity index (χ1n) is 2.65. The van der Waals surface area contributed by atoms with E-state index in [1.54, 1.807) is 6.21 Å². The molecule has 1 unspecified atom stereocenters. The molecular weight excluding hydrogens is 90.1 g/mol. The molecule has 1 heterocycles. The van der Waals surface area contributed by atoms with Crippen LogP contribution in [0.3, 0.4) is 0 Å². The number of hydrogen-bond acceptors (Lipinski definition) is 1. The third-order valence-electron chi connectivity index (χ3n) is 1.14. The van der Waals surface area contributed by atoms with Gasteiger partial charge in [0.25, 0.3) is 0 Å². The number of hydrogen-bond donors (Lipinski definition) is 0. The molecule has 0 aromatic carbocycles. The zero-order valence-corrected chi connectivity index (χ0v) is 4.42. The maximum atomic E-state index is 10.1. The van der Waals surface area contributed by atoms with E-state index in [9.17, 15) is 5.21 Å². The van der Waals surface area contributed by atoms with E-state index < -0.39 is 0 Å². The topological polar surface area (TPSA) is 26.1 Å². The van der Waals surface area contributed by atoms with E-state index in [2.05, 4.69) is 6.92 Å². The minimum atomic E-state index is 0.269. The van der Waals surface area contributed by atoms with Crippen LogP contribution < -0.4 is 0 Å². The van der Waals surface area contributed by atoms with Crippen LogP contribution in [0, 0.1) is 5.21 Å². The molecule has 0 aromatic heterocycles. The maximum absolute atomic E-state index is 10.1. The Morgan fingerprint density at radius 3 is 2.57 bits per heavy atom. The van der Waals surface area contributed by atoms with Gasteiger partial charge in [0.2, 0.25) is 12.3 Å². The van der Waals surface area contributed by atoms with Gasteiger partial charge in [-0.3, -0.25) is 0 Å². The van der Waals surface area contributed by atoms with Gasteiger partial charge in [0.1, 0.15) is 0 Å². The number of rotatable bonds is 2. The second-order valence-corrected chi connectivity index (χ2v) is 1.86. The van der Waals surface area contributed by atoms with Crippen molar-refractivity contribution < 1.29 is 4.74 Å². The van der Waals surface area contributed by atoms with Crippen LogP contribution in [0.5, 0.6) is 0 Å². The van der Waals surface area contributed by atoms with Crippen LogP contribution in [0.4, 0.5) is 0 Å². The standard InChI is InChI=1S/C5H9NO/c1-2-3-5-4-6(5)7/h4-5H,2-3H2,1H3. The molecular formula is C5H9NO. The van der Waals surface area contributed by atoms with Crippen molar-refractivity contribution in [2.75, 3.05) is 0 Å². The molecule has 0 N–H and O–H groups in total. The summed E-state index contributed by atoms with van der Waals surface area (Å²) in [4.78, 5) is 0. The van der Waals surface area contributed by atoms with E-state index in [1.165, 1.54) is 0 Å². The summed E-state index contributed by atoms with van der Waals surface area (Å²) >= 11 is 0. The van der Waals surface area contributed by atoms with Crippen LogP contribution in [0.25, 0.3) is 0 Å². The first-order chi connectivity index (χ1) is 3.34. The molecule has 2 heteroatoms. The van der Waals surface area contributed by atoms with Gasteiger partial charge in [0.15, 0.2) is 0 Å². The van der Waals surface area contributed by atoms with E-state index in [0.717, 1.165) is 17.6 Å². The minimum absolute atomic E-state index is 0.269. The van der Waals surface area contributed by atoms with Crippen LogP contribution in [-0.2, 0) is 0 Å². The molecule has 2 nitrogen and oxygen atoms in total. The van der Waals surface area contributed by atoms with Gasteiger partial charge in [-0.25, -0.2) is 0 Å². The number of hydroxylamine groups is 1. The molecule has 1 atom stereocenters. The molecule has 7 heavy (non-hydrogen) atoms. The van der Waals surface area contributed by atoms with Gasteiger partial charge in [-0.05, 0) is 6.42 Å². The fourth-order valence-electron chi connectivity index (χ4n) is 0.629. The Morgan fingerprint density at radius 1 is 1.86 bits per heavy atom. The fourth-order valence-corrected chi connectivity index (χ4v) is 0.629. The van der Waals surface area contributed by atoms with Crippen LogP contribution >= 0.6 is 0 Å². The molecule has 0 aliphatic carbocycles. The van der Waals surface area contributed by atoms with Gasteiger partial charge in [-0.15, -0.1) is 0 Å². The summed E-state index contributed by atoms with van der Waals surface area (Å²) in [5, 5.41) is 10.1. The third kappa shape index (κ3) is 0.918. The Balaban J connectivity index is 2.03. The lowest BCUT2D eigenvalue weighted by Gasteiger charge is -1.86. The van der Waals surface area contributed by atoms with Gasteiger partial charge in [0, 0.05) is 6.42 Å². The van der Waals surface area contributed by atoms with Crippen LogP contribution in [0.1, 0.15) is 19.8 Å². The van der Waals surface area contributed by atoms with Crippen molar-refractivity contribution in [1.29, 1.82) is 0 Å². The van der Waals surface area contributed by atoms with Crippen molar-refractivity contribution in [3.8, 4) is 0 Å². The second-order valence-electron chi connectivity index (χ2n) is 1.86. The lowest BCUT2D eigenvalue weighted by Crippen LogP contribution is -1.93. The molecule has 1 aliphatic heterocycles. The van der Waals surface area contributed by atoms with Crippen LogP contribution in [0.2, 0.25) is 0 Å². The Labute approximate surface area is 43.0 Å². The van der Waals surface area contributed by atoms with Crippen LogP contribution in [-0.4, -0.2) is 17.0 Å².